The first-order valence-corrected chi connectivity index (χ1v) is 11.0. The van der Waals surface area contributed by atoms with E-state index in [4.69, 9.17) is 11.6 Å². The number of hydrogen-bond donors (Lipinski definition) is 0. The highest BCUT2D eigenvalue weighted by atomic mass is 35.5. The SMILES string of the molecule is CC(C)(C)C(=O)Cn1c(=O)n(-c2ccc(Cl)cc2)c(=O)c2c3c(sc21)CCCC3. The summed E-state index contributed by atoms with van der Waals surface area (Å²) in [6, 6.07) is 6.62. The zero-order valence-corrected chi connectivity index (χ0v) is 18.3. The zero-order chi connectivity index (χ0) is 20.9. The molecular formula is C22H23ClN2O3S. The van der Waals surface area contributed by atoms with Crippen LogP contribution in [0.25, 0.3) is 15.9 Å². The molecule has 7 heteroatoms. The van der Waals surface area contributed by atoms with Gasteiger partial charge in [0, 0.05) is 15.3 Å². The number of aryl methyl sites for hydroxylation is 2. The number of nitrogens with zero attached hydrogens (tertiary/aromatic N) is 2. The van der Waals surface area contributed by atoms with Gasteiger partial charge in [0.1, 0.15) is 4.83 Å². The average molecular weight is 431 g/mol. The van der Waals surface area contributed by atoms with Crippen molar-refractivity contribution < 1.29 is 4.79 Å². The lowest BCUT2D eigenvalue weighted by atomic mass is 9.91. The molecule has 2 aromatic heterocycles. The lowest BCUT2D eigenvalue weighted by Crippen LogP contribution is -2.41. The van der Waals surface area contributed by atoms with Gasteiger partial charge in [-0.2, -0.15) is 0 Å². The summed E-state index contributed by atoms with van der Waals surface area (Å²) in [5.41, 5.74) is 0.122. The van der Waals surface area contributed by atoms with E-state index in [1.807, 2.05) is 20.8 Å². The first-order chi connectivity index (χ1) is 13.7. The predicted molar refractivity (Wildman–Crippen MR) is 118 cm³/mol. The maximum atomic E-state index is 13.4. The molecule has 0 saturated carbocycles. The maximum Gasteiger partial charge on any atom is 0.337 e. The molecule has 152 valence electrons. The number of ketones is 1. The third-order valence-corrected chi connectivity index (χ3v) is 7.03. The van der Waals surface area contributed by atoms with Crippen LogP contribution in [-0.2, 0) is 24.2 Å². The average Bonchev–Trinajstić information content (AvgIpc) is 3.05. The molecule has 3 aromatic rings. The predicted octanol–water partition coefficient (Wildman–Crippen LogP) is 4.36. The molecule has 0 spiro atoms. The first kappa shape index (κ1) is 20.1. The van der Waals surface area contributed by atoms with Gasteiger partial charge in [-0.15, -0.1) is 11.3 Å². The van der Waals surface area contributed by atoms with Crippen molar-refractivity contribution in [2.45, 2.75) is 53.0 Å². The van der Waals surface area contributed by atoms with Gasteiger partial charge in [-0.1, -0.05) is 32.4 Å². The van der Waals surface area contributed by atoms with E-state index < -0.39 is 11.1 Å². The van der Waals surface area contributed by atoms with Gasteiger partial charge in [0.15, 0.2) is 5.78 Å². The van der Waals surface area contributed by atoms with E-state index in [1.165, 1.54) is 20.5 Å². The van der Waals surface area contributed by atoms with Crippen LogP contribution in [0.3, 0.4) is 0 Å². The minimum absolute atomic E-state index is 0.0476. The molecule has 1 aromatic carbocycles. The van der Waals surface area contributed by atoms with E-state index in [0.717, 1.165) is 36.1 Å². The first-order valence-electron chi connectivity index (χ1n) is 9.78. The Bertz CT molecular complexity index is 1230. The second-order valence-electron chi connectivity index (χ2n) is 8.55. The van der Waals surface area contributed by atoms with E-state index in [9.17, 15) is 14.4 Å². The minimum Gasteiger partial charge on any atom is -0.297 e. The van der Waals surface area contributed by atoms with Gasteiger partial charge in [0.05, 0.1) is 17.6 Å². The summed E-state index contributed by atoms with van der Waals surface area (Å²) >= 11 is 7.48. The van der Waals surface area contributed by atoms with Crippen LogP contribution in [-0.4, -0.2) is 14.9 Å². The fourth-order valence-electron chi connectivity index (χ4n) is 3.71. The standard InChI is InChI=1S/C22H23ClN2O3S/c1-22(2,3)17(26)12-24-20-18(15-6-4-5-7-16(15)29-20)19(27)25(21(24)28)14-10-8-13(23)9-11-14/h8-11H,4-7,12H2,1-3H3. The topological polar surface area (TPSA) is 61.1 Å². The quantitative estimate of drug-likeness (QED) is 0.620. The van der Waals surface area contributed by atoms with Gasteiger partial charge in [-0.25, -0.2) is 9.36 Å². The Labute approximate surface area is 177 Å². The summed E-state index contributed by atoms with van der Waals surface area (Å²) in [7, 11) is 0. The summed E-state index contributed by atoms with van der Waals surface area (Å²) in [6.45, 7) is 5.47. The molecule has 0 N–H and O–H groups in total. The molecular weight excluding hydrogens is 408 g/mol. The molecule has 0 unspecified atom stereocenters. The van der Waals surface area contributed by atoms with Gasteiger partial charge in [-0.3, -0.25) is 14.2 Å². The number of carbonyl (C=O) groups is 1. The number of Topliss-reactive ketones (excluding diaryl/α,β-unsaturated/α-hetero) is 1. The summed E-state index contributed by atoms with van der Waals surface area (Å²) < 4.78 is 2.66. The number of halogens is 1. The van der Waals surface area contributed by atoms with Crippen molar-refractivity contribution in [3.8, 4) is 5.69 Å². The third-order valence-electron chi connectivity index (χ3n) is 5.46. The van der Waals surface area contributed by atoms with Crippen molar-refractivity contribution in [2.24, 2.45) is 5.41 Å². The van der Waals surface area contributed by atoms with Crippen LogP contribution in [0.15, 0.2) is 33.9 Å². The van der Waals surface area contributed by atoms with Crippen LogP contribution in [0.5, 0.6) is 0 Å². The molecule has 0 radical (unpaired) electrons. The van der Waals surface area contributed by atoms with Gasteiger partial charge in [0.2, 0.25) is 0 Å². The van der Waals surface area contributed by atoms with Crippen LogP contribution < -0.4 is 11.2 Å². The Kier molecular flexibility index (Phi) is 5.03. The fourth-order valence-corrected chi connectivity index (χ4v) is 5.20. The van der Waals surface area contributed by atoms with E-state index in [2.05, 4.69) is 0 Å². The van der Waals surface area contributed by atoms with Crippen LogP contribution in [0.1, 0.15) is 44.1 Å². The van der Waals surface area contributed by atoms with Crippen LogP contribution >= 0.6 is 22.9 Å². The lowest BCUT2D eigenvalue weighted by molar-refractivity contribution is -0.126. The van der Waals surface area contributed by atoms with E-state index in [1.54, 1.807) is 24.3 Å². The maximum absolute atomic E-state index is 13.4. The Hall–Kier alpha value is -2.18. The van der Waals surface area contributed by atoms with Crippen LogP contribution in [0.4, 0.5) is 0 Å². The number of aromatic nitrogens is 2. The Morgan fingerprint density at radius 2 is 1.76 bits per heavy atom. The molecule has 0 saturated heterocycles. The molecule has 1 aliphatic rings. The number of fused-ring (bicyclic) bond motifs is 3. The van der Waals surface area contributed by atoms with Gasteiger partial charge < -0.3 is 0 Å². The van der Waals surface area contributed by atoms with Crippen molar-refractivity contribution in [1.82, 2.24) is 9.13 Å². The zero-order valence-electron chi connectivity index (χ0n) is 16.8. The molecule has 1 aliphatic carbocycles. The van der Waals surface area contributed by atoms with Gasteiger partial charge >= 0.3 is 5.69 Å². The summed E-state index contributed by atoms with van der Waals surface area (Å²) in [5.74, 6) is -0.0476. The number of rotatable bonds is 3. The van der Waals surface area contributed by atoms with Crippen molar-refractivity contribution in [1.29, 1.82) is 0 Å². The highest BCUT2D eigenvalue weighted by Crippen LogP contribution is 2.34. The second kappa shape index (κ2) is 7.26. The molecule has 29 heavy (non-hydrogen) atoms. The minimum atomic E-state index is -0.579. The largest absolute Gasteiger partial charge is 0.337 e. The molecule has 2 heterocycles. The molecule has 0 bridgehead atoms. The molecule has 0 fully saturated rings. The normalized spacial score (nSPS) is 14.2. The number of benzene rings is 1. The van der Waals surface area contributed by atoms with Crippen LogP contribution in [0.2, 0.25) is 5.02 Å². The van der Waals surface area contributed by atoms with E-state index >= 15 is 0 Å². The number of thiophene rings is 1. The third kappa shape index (κ3) is 3.49. The van der Waals surface area contributed by atoms with Crippen molar-refractivity contribution >= 4 is 38.9 Å². The number of hydrogen-bond acceptors (Lipinski definition) is 4. The second-order valence-corrected chi connectivity index (χ2v) is 10.1. The van der Waals surface area contributed by atoms with Gasteiger partial charge in [0.25, 0.3) is 5.56 Å². The highest BCUT2D eigenvalue weighted by Gasteiger charge is 2.27. The van der Waals surface area contributed by atoms with Crippen molar-refractivity contribution in [2.75, 3.05) is 0 Å². The van der Waals surface area contributed by atoms with E-state index in [-0.39, 0.29) is 17.9 Å². The Morgan fingerprint density at radius 3 is 2.41 bits per heavy atom. The van der Waals surface area contributed by atoms with Gasteiger partial charge in [-0.05, 0) is 55.5 Å². The highest BCUT2D eigenvalue weighted by molar-refractivity contribution is 7.18. The summed E-state index contributed by atoms with van der Waals surface area (Å²) in [5, 5.41) is 1.11. The van der Waals surface area contributed by atoms with Crippen molar-refractivity contribution in [3.05, 3.63) is 60.6 Å². The molecule has 4 rings (SSSR count). The molecule has 0 atom stereocenters. The molecule has 0 aliphatic heterocycles. The molecule has 5 nitrogen and oxygen atoms in total. The summed E-state index contributed by atoms with van der Waals surface area (Å²) in [6.07, 6.45) is 3.85. The molecule has 0 amide bonds. The fraction of sp³-hybridized carbons (Fsp3) is 0.409. The lowest BCUT2D eigenvalue weighted by Gasteiger charge is -2.18. The Morgan fingerprint density at radius 1 is 1.10 bits per heavy atom. The smallest absolute Gasteiger partial charge is 0.297 e. The van der Waals surface area contributed by atoms with Crippen LogP contribution in [0, 0.1) is 5.41 Å². The van der Waals surface area contributed by atoms with Crippen molar-refractivity contribution in [3.63, 3.8) is 0 Å². The van der Waals surface area contributed by atoms with E-state index in [0.29, 0.717) is 20.9 Å². The number of carbonyl (C=O) groups excluding carboxylic acids is 1. The Balaban J connectivity index is 2.06. The summed E-state index contributed by atoms with van der Waals surface area (Å²) in [4.78, 5) is 41.4. The monoisotopic (exact) mass is 430 g/mol.